The van der Waals surface area contributed by atoms with Crippen molar-refractivity contribution in [1.82, 2.24) is 9.78 Å². The molecule has 0 spiro atoms. The number of aryl methyl sites for hydroxylation is 1. The van der Waals surface area contributed by atoms with Crippen molar-refractivity contribution >= 4 is 34.9 Å². The lowest BCUT2D eigenvalue weighted by Crippen LogP contribution is -2.23. The van der Waals surface area contributed by atoms with Crippen LogP contribution in [-0.4, -0.2) is 15.8 Å². The zero-order valence-electron chi connectivity index (χ0n) is 10.7. The summed E-state index contributed by atoms with van der Waals surface area (Å²) in [5.74, 6) is 0. The van der Waals surface area contributed by atoms with Gasteiger partial charge in [-0.05, 0) is 49.4 Å². The van der Waals surface area contributed by atoms with Crippen LogP contribution in [-0.2, 0) is 12.8 Å². The highest BCUT2D eigenvalue weighted by Crippen LogP contribution is 2.25. The summed E-state index contributed by atoms with van der Waals surface area (Å²) in [6.07, 6.45) is 5.92. The summed E-state index contributed by atoms with van der Waals surface area (Å²) in [4.78, 5) is 12.3. The van der Waals surface area contributed by atoms with Crippen LogP contribution < -0.4 is 5.32 Å². The SMILES string of the molecule is O=C(Nc1ccc(Cl)c(Cl)c1)n1ncc2c1CCCC2. The van der Waals surface area contributed by atoms with Crippen LogP contribution in [0.1, 0.15) is 24.1 Å². The molecule has 0 radical (unpaired) electrons. The van der Waals surface area contributed by atoms with Crippen LogP contribution in [0.15, 0.2) is 24.4 Å². The fraction of sp³-hybridized carbons (Fsp3) is 0.286. The second kappa shape index (κ2) is 5.46. The molecule has 0 atom stereocenters. The molecule has 20 heavy (non-hydrogen) atoms. The number of halogens is 2. The molecule has 4 nitrogen and oxygen atoms in total. The largest absolute Gasteiger partial charge is 0.346 e. The van der Waals surface area contributed by atoms with E-state index in [2.05, 4.69) is 10.4 Å². The van der Waals surface area contributed by atoms with Gasteiger partial charge in [-0.25, -0.2) is 4.79 Å². The van der Waals surface area contributed by atoms with Crippen LogP contribution in [0, 0.1) is 0 Å². The Balaban J connectivity index is 1.82. The summed E-state index contributed by atoms with van der Waals surface area (Å²) in [6, 6.07) is 4.71. The number of carbonyl (C=O) groups excluding carboxylic acids is 1. The summed E-state index contributed by atoms with van der Waals surface area (Å²) in [5, 5.41) is 7.83. The Hall–Kier alpha value is -1.52. The molecule has 1 aromatic heterocycles. The van der Waals surface area contributed by atoms with E-state index in [1.807, 2.05) is 0 Å². The van der Waals surface area contributed by atoms with E-state index >= 15 is 0 Å². The lowest BCUT2D eigenvalue weighted by molar-refractivity contribution is 0.250. The van der Waals surface area contributed by atoms with E-state index in [1.165, 1.54) is 10.2 Å². The van der Waals surface area contributed by atoms with Crippen LogP contribution in [0.4, 0.5) is 10.5 Å². The van der Waals surface area contributed by atoms with Gasteiger partial charge in [-0.1, -0.05) is 23.2 Å². The van der Waals surface area contributed by atoms with Gasteiger partial charge in [-0.15, -0.1) is 0 Å². The van der Waals surface area contributed by atoms with E-state index in [0.29, 0.717) is 15.7 Å². The van der Waals surface area contributed by atoms with Gasteiger partial charge < -0.3 is 5.32 Å². The molecule has 0 fully saturated rings. The van der Waals surface area contributed by atoms with E-state index in [0.717, 1.165) is 31.4 Å². The molecule has 0 saturated heterocycles. The van der Waals surface area contributed by atoms with Gasteiger partial charge >= 0.3 is 6.03 Å². The van der Waals surface area contributed by atoms with Gasteiger partial charge in [0.2, 0.25) is 0 Å². The van der Waals surface area contributed by atoms with Gasteiger partial charge in [0.1, 0.15) is 0 Å². The Morgan fingerprint density at radius 2 is 2.00 bits per heavy atom. The number of rotatable bonds is 1. The third-order valence-corrected chi connectivity index (χ3v) is 4.17. The summed E-state index contributed by atoms with van der Waals surface area (Å²) >= 11 is 11.8. The van der Waals surface area contributed by atoms with Gasteiger partial charge in [-0.3, -0.25) is 0 Å². The number of hydrogen-bond acceptors (Lipinski definition) is 2. The van der Waals surface area contributed by atoms with Crippen LogP contribution in [0.3, 0.4) is 0 Å². The van der Waals surface area contributed by atoms with E-state index in [1.54, 1.807) is 24.4 Å². The molecule has 1 heterocycles. The number of amides is 1. The molecule has 0 unspecified atom stereocenters. The Morgan fingerprint density at radius 1 is 1.20 bits per heavy atom. The zero-order chi connectivity index (χ0) is 14.1. The van der Waals surface area contributed by atoms with Crippen molar-refractivity contribution in [1.29, 1.82) is 0 Å². The van der Waals surface area contributed by atoms with E-state index in [9.17, 15) is 4.79 Å². The summed E-state index contributed by atoms with van der Waals surface area (Å²) in [5.41, 5.74) is 2.78. The fourth-order valence-electron chi connectivity index (χ4n) is 2.42. The minimum absolute atomic E-state index is 0.272. The van der Waals surface area contributed by atoms with Crippen molar-refractivity contribution in [3.63, 3.8) is 0 Å². The molecule has 6 heteroatoms. The van der Waals surface area contributed by atoms with Crippen molar-refractivity contribution in [2.75, 3.05) is 5.32 Å². The first-order valence-electron chi connectivity index (χ1n) is 6.47. The minimum atomic E-state index is -0.272. The summed E-state index contributed by atoms with van der Waals surface area (Å²) in [7, 11) is 0. The number of nitrogens with zero attached hydrogens (tertiary/aromatic N) is 2. The molecule has 1 amide bonds. The van der Waals surface area contributed by atoms with Gasteiger partial charge in [-0.2, -0.15) is 9.78 Å². The average molecular weight is 310 g/mol. The van der Waals surface area contributed by atoms with Crippen LogP contribution in [0.2, 0.25) is 10.0 Å². The standard InChI is InChI=1S/C14H13Cl2N3O/c15-11-6-5-10(7-12(11)16)18-14(20)19-13-4-2-1-3-9(13)8-17-19/h5-8H,1-4H2,(H,18,20). The normalized spacial score (nSPS) is 13.9. The van der Waals surface area contributed by atoms with Gasteiger partial charge in [0, 0.05) is 5.69 Å². The highest BCUT2D eigenvalue weighted by atomic mass is 35.5. The number of hydrogen-bond donors (Lipinski definition) is 1. The average Bonchev–Trinajstić information content (AvgIpc) is 2.87. The maximum Gasteiger partial charge on any atom is 0.346 e. The predicted octanol–water partition coefficient (Wildman–Crippen LogP) is 4.15. The molecule has 2 aromatic rings. The third kappa shape index (κ3) is 2.53. The number of anilines is 1. The maximum absolute atomic E-state index is 12.3. The maximum atomic E-state index is 12.3. The molecule has 3 rings (SSSR count). The molecule has 0 bridgehead atoms. The molecule has 104 valence electrons. The van der Waals surface area contributed by atoms with Crippen LogP contribution in [0.5, 0.6) is 0 Å². The van der Waals surface area contributed by atoms with Crippen molar-refractivity contribution < 1.29 is 4.79 Å². The topological polar surface area (TPSA) is 46.9 Å². The Bertz CT molecular complexity index is 666. The monoisotopic (exact) mass is 309 g/mol. The number of carbonyl (C=O) groups is 1. The van der Waals surface area contributed by atoms with Crippen LogP contribution >= 0.6 is 23.2 Å². The number of benzene rings is 1. The number of fused-ring (bicyclic) bond motifs is 1. The van der Waals surface area contributed by atoms with Gasteiger partial charge in [0.05, 0.1) is 21.9 Å². The van der Waals surface area contributed by atoms with Crippen molar-refractivity contribution in [2.24, 2.45) is 0 Å². The fourth-order valence-corrected chi connectivity index (χ4v) is 2.71. The Morgan fingerprint density at radius 3 is 2.80 bits per heavy atom. The molecular weight excluding hydrogens is 297 g/mol. The van der Waals surface area contributed by atoms with Crippen LogP contribution in [0.25, 0.3) is 0 Å². The molecule has 1 aromatic carbocycles. The first-order valence-corrected chi connectivity index (χ1v) is 7.23. The summed E-state index contributed by atoms with van der Waals surface area (Å²) in [6.45, 7) is 0. The zero-order valence-corrected chi connectivity index (χ0v) is 12.2. The molecular formula is C14H13Cl2N3O. The second-order valence-electron chi connectivity index (χ2n) is 4.79. The highest BCUT2D eigenvalue weighted by Gasteiger charge is 2.19. The molecule has 1 aliphatic carbocycles. The lowest BCUT2D eigenvalue weighted by atomic mass is 9.98. The smallest absolute Gasteiger partial charge is 0.306 e. The molecule has 0 aliphatic heterocycles. The van der Waals surface area contributed by atoms with E-state index in [-0.39, 0.29) is 6.03 Å². The van der Waals surface area contributed by atoms with Crippen molar-refractivity contribution in [3.05, 3.63) is 45.7 Å². The third-order valence-electron chi connectivity index (χ3n) is 3.43. The second-order valence-corrected chi connectivity index (χ2v) is 5.61. The van der Waals surface area contributed by atoms with Gasteiger partial charge in [0.25, 0.3) is 0 Å². The predicted molar refractivity (Wildman–Crippen MR) is 79.7 cm³/mol. The number of nitrogens with one attached hydrogen (secondary N) is 1. The van der Waals surface area contributed by atoms with Crippen molar-refractivity contribution in [2.45, 2.75) is 25.7 Å². The van der Waals surface area contributed by atoms with E-state index in [4.69, 9.17) is 23.2 Å². The summed E-state index contributed by atoms with van der Waals surface area (Å²) < 4.78 is 1.44. The molecule has 0 saturated carbocycles. The Labute approximate surface area is 126 Å². The first kappa shape index (κ1) is 13.5. The quantitative estimate of drug-likeness (QED) is 0.860. The number of aromatic nitrogens is 2. The Kier molecular flexibility index (Phi) is 3.68. The lowest BCUT2D eigenvalue weighted by Gasteiger charge is -2.13. The first-order chi connectivity index (χ1) is 9.65. The van der Waals surface area contributed by atoms with E-state index < -0.39 is 0 Å². The minimum Gasteiger partial charge on any atom is -0.306 e. The molecule has 1 aliphatic rings. The van der Waals surface area contributed by atoms with Crippen molar-refractivity contribution in [3.8, 4) is 0 Å². The highest BCUT2D eigenvalue weighted by molar-refractivity contribution is 6.42. The molecule has 1 N–H and O–H groups in total. The van der Waals surface area contributed by atoms with Gasteiger partial charge in [0.15, 0.2) is 0 Å².